The highest BCUT2D eigenvalue weighted by atomic mass is 32.2. The van der Waals surface area contributed by atoms with E-state index in [1.807, 2.05) is 61.5 Å². The number of Topliss-reactive ketones (excluding diaryl/α,β-unsaturated/α-hetero) is 1. The number of rotatable bonds is 7. The SMILES string of the molecule is CCOc1ccccc1-c1nc(SCC(=O)c2ccccc2)n[nH]1. The molecule has 0 saturated heterocycles. The Morgan fingerprint density at radius 3 is 2.67 bits per heavy atom. The van der Waals surface area contributed by atoms with Gasteiger partial charge in [0.15, 0.2) is 11.6 Å². The molecule has 1 aromatic heterocycles. The van der Waals surface area contributed by atoms with Crippen molar-refractivity contribution in [1.82, 2.24) is 15.2 Å². The van der Waals surface area contributed by atoms with Crippen molar-refractivity contribution in [2.45, 2.75) is 12.1 Å². The molecule has 6 heteroatoms. The average Bonchev–Trinajstić information content (AvgIpc) is 3.10. The van der Waals surface area contributed by atoms with Gasteiger partial charge in [0.1, 0.15) is 5.75 Å². The summed E-state index contributed by atoms with van der Waals surface area (Å²) in [5, 5.41) is 7.63. The number of nitrogens with one attached hydrogen (secondary N) is 1. The van der Waals surface area contributed by atoms with Crippen LogP contribution in [0.15, 0.2) is 59.8 Å². The molecule has 24 heavy (non-hydrogen) atoms. The van der Waals surface area contributed by atoms with E-state index in [4.69, 9.17) is 4.74 Å². The lowest BCUT2D eigenvalue weighted by atomic mass is 10.2. The maximum Gasteiger partial charge on any atom is 0.209 e. The molecule has 5 nitrogen and oxygen atoms in total. The largest absolute Gasteiger partial charge is 0.493 e. The van der Waals surface area contributed by atoms with E-state index in [0.717, 1.165) is 11.3 Å². The monoisotopic (exact) mass is 339 g/mol. The summed E-state index contributed by atoms with van der Waals surface area (Å²) in [4.78, 5) is 16.6. The molecule has 3 aromatic rings. The molecule has 0 atom stereocenters. The molecule has 0 radical (unpaired) electrons. The van der Waals surface area contributed by atoms with Crippen molar-refractivity contribution < 1.29 is 9.53 Å². The van der Waals surface area contributed by atoms with Crippen LogP contribution in [-0.4, -0.2) is 33.3 Å². The number of hydrogen-bond acceptors (Lipinski definition) is 5. The molecule has 0 aliphatic carbocycles. The van der Waals surface area contributed by atoms with Gasteiger partial charge >= 0.3 is 0 Å². The van der Waals surface area contributed by atoms with Crippen molar-refractivity contribution in [3.05, 3.63) is 60.2 Å². The van der Waals surface area contributed by atoms with Gasteiger partial charge in [0.2, 0.25) is 5.16 Å². The Balaban J connectivity index is 1.69. The van der Waals surface area contributed by atoms with Crippen molar-refractivity contribution in [3.63, 3.8) is 0 Å². The zero-order valence-electron chi connectivity index (χ0n) is 13.2. The number of hydrogen-bond donors (Lipinski definition) is 1. The molecule has 2 aromatic carbocycles. The van der Waals surface area contributed by atoms with Crippen LogP contribution in [-0.2, 0) is 0 Å². The molecule has 1 heterocycles. The van der Waals surface area contributed by atoms with Gasteiger partial charge < -0.3 is 4.74 Å². The number of ketones is 1. The fourth-order valence-corrected chi connectivity index (χ4v) is 2.91. The maximum atomic E-state index is 12.1. The van der Waals surface area contributed by atoms with Crippen molar-refractivity contribution in [2.75, 3.05) is 12.4 Å². The van der Waals surface area contributed by atoms with E-state index in [-0.39, 0.29) is 5.78 Å². The smallest absolute Gasteiger partial charge is 0.209 e. The minimum Gasteiger partial charge on any atom is -0.493 e. The van der Waals surface area contributed by atoms with Gasteiger partial charge in [0.05, 0.1) is 17.9 Å². The Hall–Kier alpha value is -2.60. The van der Waals surface area contributed by atoms with Crippen LogP contribution in [0.4, 0.5) is 0 Å². The Bertz CT molecular complexity index is 818. The average molecular weight is 339 g/mol. The molecule has 0 amide bonds. The first-order valence-electron chi connectivity index (χ1n) is 7.63. The second-order valence-corrected chi connectivity index (χ2v) is 5.92. The molecule has 122 valence electrons. The van der Waals surface area contributed by atoms with Gasteiger partial charge in [0, 0.05) is 5.56 Å². The van der Waals surface area contributed by atoms with Crippen molar-refractivity contribution in [2.24, 2.45) is 0 Å². The summed E-state index contributed by atoms with van der Waals surface area (Å²) in [5.74, 6) is 1.75. The van der Waals surface area contributed by atoms with E-state index >= 15 is 0 Å². The highest BCUT2D eigenvalue weighted by Crippen LogP contribution is 2.28. The van der Waals surface area contributed by atoms with Crippen LogP contribution >= 0.6 is 11.8 Å². The van der Waals surface area contributed by atoms with Gasteiger partial charge in [-0.15, -0.1) is 5.10 Å². The number of para-hydroxylation sites is 1. The molecule has 0 unspecified atom stereocenters. The highest BCUT2D eigenvalue weighted by molar-refractivity contribution is 7.99. The van der Waals surface area contributed by atoms with Gasteiger partial charge in [-0.3, -0.25) is 9.89 Å². The number of benzene rings is 2. The number of H-pyrrole nitrogens is 1. The van der Waals surface area contributed by atoms with Crippen molar-refractivity contribution >= 4 is 17.5 Å². The normalized spacial score (nSPS) is 10.5. The Morgan fingerprint density at radius 2 is 1.88 bits per heavy atom. The summed E-state index contributed by atoms with van der Waals surface area (Å²) in [6.07, 6.45) is 0. The molecule has 0 saturated carbocycles. The van der Waals surface area contributed by atoms with Crippen LogP contribution in [0, 0.1) is 0 Å². The van der Waals surface area contributed by atoms with Crippen LogP contribution in [0.2, 0.25) is 0 Å². The number of carbonyl (C=O) groups is 1. The minimum absolute atomic E-state index is 0.0571. The lowest BCUT2D eigenvalue weighted by Crippen LogP contribution is -2.01. The van der Waals surface area contributed by atoms with E-state index in [1.165, 1.54) is 11.8 Å². The molecule has 3 rings (SSSR count). The predicted molar refractivity (Wildman–Crippen MR) is 94.5 cm³/mol. The minimum atomic E-state index is 0.0571. The van der Waals surface area contributed by atoms with Gasteiger partial charge in [0.25, 0.3) is 0 Å². The van der Waals surface area contributed by atoms with Crippen LogP contribution in [0.1, 0.15) is 17.3 Å². The van der Waals surface area contributed by atoms with Crippen LogP contribution < -0.4 is 4.74 Å². The topological polar surface area (TPSA) is 67.9 Å². The second kappa shape index (κ2) is 7.79. The molecule has 0 spiro atoms. The first-order chi connectivity index (χ1) is 11.8. The first kappa shape index (κ1) is 16.3. The Morgan fingerprint density at radius 1 is 1.12 bits per heavy atom. The van der Waals surface area contributed by atoms with E-state index in [1.54, 1.807) is 0 Å². The van der Waals surface area contributed by atoms with Gasteiger partial charge in [-0.25, -0.2) is 4.98 Å². The third-order valence-corrected chi connectivity index (χ3v) is 4.18. The highest BCUT2D eigenvalue weighted by Gasteiger charge is 2.13. The number of nitrogens with zero attached hydrogens (tertiary/aromatic N) is 2. The molecule has 0 aliphatic heterocycles. The number of ether oxygens (including phenoxy) is 1. The van der Waals surface area contributed by atoms with Crippen LogP contribution in [0.5, 0.6) is 5.75 Å². The number of thioether (sulfide) groups is 1. The molecule has 1 N–H and O–H groups in total. The van der Waals surface area contributed by atoms with Gasteiger partial charge in [-0.1, -0.05) is 54.2 Å². The summed E-state index contributed by atoms with van der Waals surface area (Å²) in [6, 6.07) is 16.9. The zero-order chi connectivity index (χ0) is 16.8. The summed E-state index contributed by atoms with van der Waals surface area (Å²) >= 11 is 1.31. The number of aromatic nitrogens is 3. The van der Waals surface area contributed by atoms with Gasteiger partial charge in [-0.2, -0.15) is 0 Å². The first-order valence-corrected chi connectivity index (χ1v) is 8.62. The third-order valence-electron chi connectivity index (χ3n) is 3.34. The van der Waals surface area contributed by atoms with Crippen LogP contribution in [0.3, 0.4) is 0 Å². The zero-order valence-corrected chi connectivity index (χ0v) is 14.0. The molecule has 0 fully saturated rings. The third kappa shape index (κ3) is 3.83. The van der Waals surface area contributed by atoms with Crippen molar-refractivity contribution in [1.29, 1.82) is 0 Å². The molecular formula is C18H17N3O2S. The van der Waals surface area contributed by atoms with Gasteiger partial charge in [-0.05, 0) is 19.1 Å². The quantitative estimate of drug-likeness (QED) is 0.523. The number of carbonyl (C=O) groups excluding carboxylic acids is 1. The van der Waals surface area contributed by atoms with E-state index in [9.17, 15) is 4.79 Å². The maximum absolute atomic E-state index is 12.1. The molecule has 0 bridgehead atoms. The Labute approximate surface area is 144 Å². The second-order valence-electron chi connectivity index (χ2n) is 4.97. The summed E-state index contributed by atoms with van der Waals surface area (Å²) in [5.41, 5.74) is 1.55. The fourth-order valence-electron chi connectivity index (χ4n) is 2.21. The molecule has 0 aliphatic rings. The standard InChI is InChI=1S/C18H17N3O2S/c1-2-23-16-11-7-6-10-14(16)17-19-18(21-20-17)24-12-15(22)13-8-4-3-5-9-13/h3-11H,2,12H2,1H3,(H,19,20,21). The summed E-state index contributed by atoms with van der Waals surface area (Å²) in [7, 11) is 0. The molecular weight excluding hydrogens is 322 g/mol. The van der Waals surface area contributed by atoms with E-state index < -0.39 is 0 Å². The lowest BCUT2D eigenvalue weighted by Gasteiger charge is -2.06. The predicted octanol–water partition coefficient (Wildman–Crippen LogP) is 3.85. The summed E-state index contributed by atoms with van der Waals surface area (Å²) in [6.45, 7) is 2.52. The van der Waals surface area contributed by atoms with E-state index in [0.29, 0.717) is 28.9 Å². The van der Waals surface area contributed by atoms with Crippen LogP contribution in [0.25, 0.3) is 11.4 Å². The summed E-state index contributed by atoms with van der Waals surface area (Å²) < 4.78 is 5.61. The number of aromatic amines is 1. The van der Waals surface area contributed by atoms with Crippen molar-refractivity contribution in [3.8, 4) is 17.1 Å². The Kier molecular flexibility index (Phi) is 5.28. The van der Waals surface area contributed by atoms with E-state index in [2.05, 4.69) is 15.2 Å². The fraction of sp³-hybridized carbons (Fsp3) is 0.167. The lowest BCUT2D eigenvalue weighted by molar-refractivity contribution is 0.102.